The molecule has 1 aromatic heterocycles. The summed E-state index contributed by atoms with van der Waals surface area (Å²) >= 11 is 1.89. The van der Waals surface area contributed by atoms with E-state index in [1.165, 1.54) is 12.3 Å². The summed E-state index contributed by atoms with van der Waals surface area (Å²) in [5, 5.41) is 9.50. The number of aromatic nitrogens is 1. The fourth-order valence-electron chi connectivity index (χ4n) is 2.38. The van der Waals surface area contributed by atoms with Crippen LogP contribution in [-0.2, 0) is 16.6 Å². The Balaban J connectivity index is 2.00. The van der Waals surface area contributed by atoms with Gasteiger partial charge in [-0.25, -0.2) is 18.1 Å². The molecule has 1 fully saturated rings. The molecule has 112 valence electrons. The topological polar surface area (TPSA) is 79.3 Å². The fraction of sp³-hybridized carbons (Fsp3) is 0.615. The van der Waals surface area contributed by atoms with E-state index < -0.39 is 10.0 Å². The zero-order valence-electron chi connectivity index (χ0n) is 11.4. The molecule has 2 N–H and O–H groups in total. The molecule has 0 aliphatic heterocycles. The lowest BCUT2D eigenvalue weighted by Crippen LogP contribution is -2.33. The van der Waals surface area contributed by atoms with E-state index in [2.05, 4.69) is 16.6 Å². The van der Waals surface area contributed by atoms with Crippen molar-refractivity contribution in [3.63, 3.8) is 0 Å². The molecule has 2 unspecified atom stereocenters. The van der Waals surface area contributed by atoms with Gasteiger partial charge >= 0.3 is 0 Å². The van der Waals surface area contributed by atoms with Crippen LogP contribution in [0.1, 0.15) is 31.7 Å². The van der Waals surface area contributed by atoms with Crippen LogP contribution in [0.4, 0.5) is 0 Å². The molecule has 1 aliphatic rings. The third kappa shape index (κ3) is 3.94. The van der Waals surface area contributed by atoms with Gasteiger partial charge in [0.1, 0.15) is 0 Å². The third-order valence-electron chi connectivity index (χ3n) is 3.36. The summed E-state index contributed by atoms with van der Waals surface area (Å²) in [5.74, 6) is 1.06. The number of aliphatic hydroxyl groups is 1. The average Bonchev–Trinajstić information content (AvgIpc) is 2.86. The van der Waals surface area contributed by atoms with Gasteiger partial charge in [0.15, 0.2) is 5.03 Å². The van der Waals surface area contributed by atoms with Crippen molar-refractivity contribution in [1.82, 2.24) is 9.71 Å². The second-order valence-corrected chi connectivity index (χ2v) is 8.11. The molecule has 0 radical (unpaired) electrons. The molecular weight excluding hydrogens is 296 g/mol. The van der Waals surface area contributed by atoms with Crippen LogP contribution in [0.25, 0.3) is 0 Å². The fourth-order valence-corrected chi connectivity index (χ4v) is 4.73. The van der Waals surface area contributed by atoms with Crippen LogP contribution in [0.5, 0.6) is 0 Å². The maximum absolute atomic E-state index is 12.2. The normalized spacial score (nSPS) is 23.1. The minimum absolute atomic E-state index is 0.00312. The quantitative estimate of drug-likeness (QED) is 0.832. The Morgan fingerprint density at radius 2 is 2.25 bits per heavy atom. The third-order valence-corrected chi connectivity index (χ3v) is 6.03. The van der Waals surface area contributed by atoms with Crippen molar-refractivity contribution in [2.75, 3.05) is 5.75 Å². The summed E-state index contributed by atoms with van der Waals surface area (Å²) in [5.41, 5.74) is 0.601. The smallest absolute Gasteiger partial charge is 0.258 e. The number of nitrogens with one attached hydrogen (secondary N) is 1. The predicted octanol–water partition coefficient (Wildman–Crippen LogP) is 1.53. The van der Waals surface area contributed by atoms with Crippen molar-refractivity contribution in [2.45, 2.75) is 49.1 Å². The lowest BCUT2D eigenvalue weighted by Gasteiger charge is -2.13. The summed E-state index contributed by atoms with van der Waals surface area (Å²) in [4.78, 5) is 3.90. The summed E-state index contributed by atoms with van der Waals surface area (Å²) in [6.45, 7) is 1.98. The number of hydrogen-bond acceptors (Lipinski definition) is 5. The second kappa shape index (κ2) is 6.89. The molecule has 0 amide bonds. The zero-order chi connectivity index (χ0) is 14.6. The van der Waals surface area contributed by atoms with Crippen LogP contribution in [-0.4, -0.2) is 35.6 Å². The highest BCUT2D eigenvalue weighted by molar-refractivity contribution is 7.99. The van der Waals surface area contributed by atoms with Gasteiger partial charge in [-0.15, -0.1) is 0 Å². The van der Waals surface area contributed by atoms with Gasteiger partial charge in [-0.2, -0.15) is 11.8 Å². The molecule has 20 heavy (non-hydrogen) atoms. The molecule has 0 aromatic carbocycles. The monoisotopic (exact) mass is 316 g/mol. The molecule has 1 saturated carbocycles. The van der Waals surface area contributed by atoms with Crippen molar-refractivity contribution < 1.29 is 13.5 Å². The first-order valence-corrected chi connectivity index (χ1v) is 9.28. The molecule has 0 spiro atoms. The molecule has 1 aromatic rings. The Labute approximate surface area is 124 Å². The number of pyridine rings is 1. The molecule has 5 nitrogen and oxygen atoms in total. The van der Waals surface area contributed by atoms with Crippen LogP contribution in [0.3, 0.4) is 0 Å². The maximum Gasteiger partial charge on any atom is 0.258 e. The number of sulfonamides is 1. The molecule has 7 heteroatoms. The van der Waals surface area contributed by atoms with E-state index in [9.17, 15) is 8.42 Å². The maximum atomic E-state index is 12.2. The summed E-state index contributed by atoms with van der Waals surface area (Å²) in [6.07, 6.45) is 4.21. The van der Waals surface area contributed by atoms with Crippen molar-refractivity contribution in [2.24, 2.45) is 0 Å². The molecule has 2 atom stereocenters. The minimum atomic E-state index is -3.56. The number of nitrogens with zero attached hydrogens (tertiary/aromatic N) is 1. The SMILES string of the molecule is CCSC1CCC(NS(=O)(=O)c2ccc(CO)cn2)C1. The first-order chi connectivity index (χ1) is 9.55. The van der Waals surface area contributed by atoms with E-state index in [0.717, 1.165) is 25.0 Å². The Hall–Kier alpha value is -0.630. The van der Waals surface area contributed by atoms with Crippen molar-refractivity contribution in [3.8, 4) is 0 Å². The number of aliphatic hydroxyl groups excluding tert-OH is 1. The van der Waals surface area contributed by atoms with E-state index in [1.54, 1.807) is 6.07 Å². The first-order valence-electron chi connectivity index (χ1n) is 6.75. The second-order valence-electron chi connectivity index (χ2n) is 4.87. The van der Waals surface area contributed by atoms with Gasteiger partial charge in [-0.1, -0.05) is 13.0 Å². The highest BCUT2D eigenvalue weighted by Gasteiger charge is 2.29. The van der Waals surface area contributed by atoms with Gasteiger partial charge in [0.2, 0.25) is 0 Å². The largest absolute Gasteiger partial charge is 0.392 e. The molecule has 1 aliphatic carbocycles. The number of thioether (sulfide) groups is 1. The summed E-state index contributed by atoms with van der Waals surface area (Å²) in [7, 11) is -3.56. The number of rotatable bonds is 6. The zero-order valence-corrected chi connectivity index (χ0v) is 13.1. The van der Waals surface area contributed by atoms with E-state index in [4.69, 9.17) is 5.11 Å². The minimum Gasteiger partial charge on any atom is -0.392 e. The number of hydrogen-bond donors (Lipinski definition) is 2. The predicted molar refractivity (Wildman–Crippen MR) is 80.0 cm³/mol. The van der Waals surface area contributed by atoms with E-state index in [1.807, 2.05) is 11.8 Å². The lowest BCUT2D eigenvalue weighted by molar-refractivity contribution is 0.281. The summed E-state index contributed by atoms with van der Waals surface area (Å²) in [6, 6.07) is 3.01. The molecule has 0 saturated heterocycles. The van der Waals surface area contributed by atoms with Gasteiger partial charge in [0, 0.05) is 17.5 Å². The van der Waals surface area contributed by atoms with Crippen molar-refractivity contribution in [3.05, 3.63) is 23.9 Å². The van der Waals surface area contributed by atoms with Crippen LogP contribution in [0, 0.1) is 0 Å². The Kier molecular flexibility index (Phi) is 5.42. The lowest BCUT2D eigenvalue weighted by atomic mass is 10.3. The Morgan fingerprint density at radius 3 is 2.85 bits per heavy atom. The van der Waals surface area contributed by atoms with E-state index >= 15 is 0 Å². The van der Waals surface area contributed by atoms with E-state index in [0.29, 0.717) is 10.8 Å². The Morgan fingerprint density at radius 1 is 1.45 bits per heavy atom. The molecule has 0 bridgehead atoms. The highest BCUT2D eigenvalue weighted by atomic mass is 32.2. The molecular formula is C13H20N2O3S2. The average molecular weight is 316 g/mol. The first kappa shape index (κ1) is 15.8. The van der Waals surface area contributed by atoms with Gasteiger partial charge in [0.05, 0.1) is 6.61 Å². The van der Waals surface area contributed by atoms with Crippen LogP contribution in [0.2, 0.25) is 0 Å². The van der Waals surface area contributed by atoms with E-state index in [-0.39, 0.29) is 17.7 Å². The van der Waals surface area contributed by atoms with Crippen molar-refractivity contribution >= 4 is 21.8 Å². The summed E-state index contributed by atoms with van der Waals surface area (Å²) < 4.78 is 27.2. The van der Waals surface area contributed by atoms with Crippen molar-refractivity contribution in [1.29, 1.82) is 0 Å². The van der Waals surface area contributed by atoms with Gasteiger partial charge in [-0.3, -0.25) is 0 Å². The van der Waals surface area contributed by atoms with Crippen LogP contribution >= 0.6 is 11.8 Å². The standard InChI is InChI=1S/C13H20N2O3S2/c1-2-19-12-5-4-11(7-12)15-20(17,18)13-6-3-10(9-16)8-14-13/h3,6,8,11-12,15-16H,2,4-5,7,9H2,1H3. The van der Waals surface area contributed by atoms with Crippen LogP contribution in [0.15, 0.2) is 23.4 Å². The Bertz CT molecular complexity index is 531. The highest BCUT2D eigenvalue weighted by Crippen LogP contribution is 2.30. The van der Waals surface area contributed by atoms with Gasteiger partial charge in [-0.05, 0) is 36.6 Å². The molecule has 1 heterocycles. The van der Waals surface area contributed by atoms with Gasteiger partial charge < -0.3 is 5.11 Å². The molecule has 2 rings (SSSR count). The van der Waals surface area contributed by atoms with Gasteiger partial charge in [0.25, 0.3) is 10.0 Å². The van der Waals surface area contributed by atoms with Crippen LogP contribution < -0.4 is 4.72 Å².